The largest absolute Gasteiger partial charge is 0.435 e. The number of halogens is 3. The quantitative estimate of drug-likeness (QED) is 0.841. The Hall–Kier alpha value is -1.87. The van der Waals surface area contributed by atoms with E-state index in [0.717, 1.165) is 21.3 Å². The number of hydrogen-bond donors (Lipinski definition) is 2. The lowest BCUT2D eigenvalue weighted by Crippen LogP contribution is -2.27. The van der Waals surface area contributed by atoms with Gasteiger partial charge in [0.05, 0.1) is 6.54 Å². The molecule has 0 spiro atoms. The number of aryl methyl sites for hydroxylation is 1. The van der Waals surface area contributed by atoms with Crippen LogP contribution in [-0.4, -0.2) is 27.4 Å². The minimum atomic E-state index is -4.61. The van der Waals surface area contributed by atoms with E-state index in [1.54, 1.807) is 0 Å². The average molecular weight is 347 g/mol. The molecule has 0 aliphatic heterocycles. The summed E-state index contributed by atoms with van der Waals surface area (Å²) >= 11 is 1.50. The number of aliphatic hydroxyl groups is 1. The predicted octanol–water partition coefficient (Wildman–Crippen LogP) is 2.12. The molecule has 0 aliphatic carbocycles. The molecule has 0 unspecified atom stereocenters. The predicted molar refractivity (Wildman–Crippen MR) is 78.9 cm³/mol. The third kappa shape index (κ3) is 4.55. The van der Waals surface area contributed by atoms with Crippen molar-refractivity contribution < 1.29 is 23.1 Å². The Balaban J connectivity index is 2.02. The fraction of sp³-hybridized carbons (Fsp3) is 0.429. The molecule has 23 heavy (non-hydrogen) atoms. The third-order valence-electron chi connectivity index (χ3n) is 3.21. The Labute approximate surface area is 134 Å². The van der Waals surface area contributed by atoms with Crippen LogP contribution in [0.3, 0.4) is 0 Å². The van der Waals surface area contributed by atoms with Crippen LogP contribution in [-0.2, 0) is 30.5 Å². The van der Waals surface area contributed by atoms with Crippen LogP contribution in [0.2, 0.25) is 0 Å². The molecule has 0 aliphatic rings. The van der Waals surface area contributed by atoms with Gasteiger partial charge in [0.15, 0.2) is 5.69 Å². The number of thiophene rings is 1. The minimum Gasteiger partial charge on any atom is -0.396 e. The van der Waals surface area contributed by atoms with E-state index in [0.29, 0.717) is 6.54 Å². The van der Waals surface area contributed by atoms with Gasteiger partial charge in [0.1, 0.15) is 6.54 Å². The van der Waals surface area contributed by atoms with Gasteiger partial charge < -0.3 is 10.4 Å². The van der Waals surface area contributed by atoms with Crippen LogP contribution >= 0.6 is 11.3 Å². The highest BCUT2D eigenvalue weighted by molar-refractivity contribution is 7.10. The molecule has 2 N–H and O–H groups in total. The lowest BCUT2D eigenvalue weighted by Gasteiger charge is -2.05. The fourth-order valence-electron chi connectivity index (χ4n) is 2.05. The van der Waals surface area contributed by atoms with Crippen molar-refractivity contribution in [3.05, 3.63) is 39.3 Å². The van der Waals surface area contributed by atoms with E-state index in [1.807, 2.05) is 18.4 Å². The van der Waals surface area contributed by atoms with Crippen molar-refractivity contribution in [3.8, 4) is 0 Å². The number of nitrogens with one attached hydrogen (secondary N) is 1. The van der Waals surface area contributed by atoms with E-state index >= 15 is 0 Å². The minimum absolute atomic E-state index is 0.123. The first kappa shape index (κ1) is 17.5. The number of carbonyl (C=O) groups is 1. The second-order valence-corrected chi connectivity index (χ2v) is 5.98. The van der Waals surface area contributed by atoms with E-state index in [4.69, 9.17) is 5.11 Å². The lowest BCUT2D eigenvalue weighted by molar-refractivity contribution is -0.142. The number of amides is 1. The van der Waals surface area contributed by atoms with Gasteiger partial charge in [-0.3, -0.25) is 9.48 Å². The highest BCUT2D eigenvalue weighted by Gasteiger charge is 2.37. The number of aromatic nitrogens is 2. The van der Waals surface area contributed by atoms with Crippen molar-refractivity contribution in [2.24, 2.45) is 0 Å². The van der Waals surface area contributed by atoms with Gasteiger partial charge in [-0.2, -0.15) is 18.3 Å². The van der Waals surface area contributed by atoms with Gasteiger partial charge in [-0.05, 0) is 30.4 Å². The molecule has 2 aromatic rings. The molecular formula is C14H16F3N3O2S. The summed E-state index contributed by atoms with van der Waals surface area (Å²) in [6.45, 7) is 1.53. The van der Waals surface area contributed by atoms with Gasteiger partial charge in [-0.1, -0.05) is 0 Å². The second-order valence-electron chi connectivity index (χ2n) is 4.98. The number of hydrogen-bond acceptors (Lipinski definition) is 4. The van der Waals surface area contributed by atoms with Gasteiger partial charge in [-0.15, -0.1) is 11.3 Å². The maximum Gasteiger partial charge on any atom is 0.435 e. The highest BCUT2D eigenvalue weighted by atomic mass is 32.1. The van der Waals surface area contributed by atoms with Crippen molar-refractivity contribution in [1.82, 2.24) is 15.1 Å². The molecule has 0 saturated carbocycles. The van der Waals surface area contributed by atoms with Crippen LogP contribution in [0.1, 0.15) is 21.7 Å². The molecule has 0 fully saturated rings. The first-order chi connectivity index (χ1) is 10.8. The van der Waals surface area contributed by atoms with Crippen molar-refractivity contribution in [2.45, 2.75) is 32.6 Å². The number of alkyl halides is 3. The van der Waals surface area contributed by atoms with Crippen LogP contribution in [0.25, 0.3) is 0 Å². The number of carbonyl (C=O) groups excluding carboxylic acids is 1. The Kier molecular flexibility index (Phi) is 5.42. The average Bonchev–Trinajstić information content (AvgIpc) is 3.03. The molecular weight excluding hydrogens is 331 g/mol. The summed E-state index contributed by atoms with van der Waals surface area (Å²) in [5.74, 6) is -0.426. The Morgan fingerprint density at radius 2 is 2.22 bits per heavy atom. The van der Waals surface area contributed by atoms with Crippen molar-refractivity contribution in [1.29, 1.82) is 0 Å². The Morgan fingerprint density at radius 3 is 2.78 bits per heavy atom. The molecule has 126 valence electrons. The molecule has 0 saturated heterocycles. The monoisotopic (exact) mass is 347 g/mol. The zero-order chi connectivity index (χ0) is 17.0. The van der Waals surface area contributed by atoms with E-state index in [2.05, 4.69) is 10.4 Å². The molecule has 2 rings (SSSR count). The first-order valence-electron chi connectivity index (χ1n) is 6.85. The summed E-state index contributed by atoms with van der Waals surface area (Å²) in [7, 11) is 0. The molecule has 0 bridgehead atoms. The van der Waals surface area contributed by atoms with Crippen LogP contribution < -0.4 is 5.32 Å². The van der Waals surface area contributed by atoms with Gasteiger partial charge in [0.25, 0.3) is 0 Å². The molecule has 0 radical (unpaired) electrons. The van der Waals surface area contributed by atoms with Crippen molar-refractivity contribution in [2.75, 3.05) is 6.61 Å². The molecule has 9 heteroatoms. The van der Waals surface area contributed by atoms with Crippen molar-refractivity contribution in [3.63, 3.8) is 0 Å². The number of nitrogens with zero attached hydrogens (tertiary/aromatic N) is 2. The molecule has 2 heterocycles. The van der Waals surface area contributed by atoms with Gasteiger partial charge in [0.2, 0.25) is 5.91 Å². The maximum atomic E-state index is 12.8. The van der Waals surface area contributed by atoms with E-state index in [1.165, 1.54) is 11.3 Å². The van der Waals surface area contributed by atoms with E-state index in [9.17, 15) is 18.0 Å². The summed E-state index contributed by atoms with van der Waals surface area (Å²) in [4.78, 5) is 12.8. The summed E-state index contributed by atoms with van der Waals surface area (Å²) in [6, 6.07) is 1.93. The molecule has 0 aromatic carbocycles. The third-order valence-corrected chi connectivity index (χ3v) is 4.23. The number of rotatable bonds is 6. The maximum absolute atomic E-state index is 12.8. The molecule has 5 nitrogen and oxygen atoms in total. The Morgan fingerprint density at radius 1 is 1.48 bits per heavy atom. The standard InChI is InChI=1S/C14H16F3N3O2S/c1-9-3-5-23-11(9)6-18-12(22)8-20-7-10(2-4-21)13(19-20)14(15,16)17/h3,5,7,21H,2,4,6,8H2,1H3,(H,18,22). The van der Waals surface area contributed by atoms with Crippen LogP contribution in [0.15, 0.2) is 17.6 Å². The molecule has 0 atom stereocenters. The topological polar surface area (TPSA) is 67.2 Å². The molecule has 2 aromatic heterocycles. The normalized spacial score (nSPS) is 11.7. The Bertz CT molecular complexity index is 679. The van der Waals surface area contributed by atoms with E-state index < -0.39 is 24.4 Å². The number of aliphatic hydroxyl groups excluding tert-OH is 1. The first-order valence-corrected chi connectivity index (χ1v) is 7.73. The highest BCUT2D eigenvalue weighted by Crippen LogP contribution is 2.30. The van der Waals surface area contributed by atoms with Crippen LogP contribution in [0.4, 0.5) is 13.2 Å². The summed E-state index contributed by atoms with van der Waals surface area (Å²) in [5.41, 5.74) is -0.130. The summed E-state index contributed by atoms with van der Waals surface area (Å²) in [5, 5.41) is 16.8. The van der Waals surface area contributed by atoms with E-state index in [-0.39, 0.29) is 18.5 Å². The smallest absolute Gasteiger partial charge is 0.396 e. The van der Waals surface area contributed by atoms with Gasteiger partial charge >= 0.3 is 6.18 Å². The second kappa shape index (κ2) is 7.14. The lowest BCUT2D eigenvalue weighted by atomic mass is 10.2. The van der Waals surface area contributed by atoms with Crippen LogP contribution in [0.5, 0.6) is 0 Å². The summed E-state index contributed by atoms with van der Waals surface area (Å²) < 4.78 is 39.5. The van der Waals surface area contributed by atoms with Crippen LogP contribution in [0, 0.1) is 6.92 Å². The van der Waals surface area contributed by atoms with Gasteiger partial charge in [-0.25, -0.2) is 0 Å². The zero-order valence-corrected chi connectivity index (χ0v) is 13.2. The van der Waals surface area contributed by atoms with Gasteiger partial charge in [0, 0.05) is 23.2 Å². The zero-order valence-electron chi connectivity index (χ0n) is 12.4. The fourth-order valence-corrected chi connectivity index (χ4v) is 2.90. The van der Waals surface area contributed by atoms with Crippen molar-refractivity contribution >= 4 is 17.2 Å². The SMILES string of the molecule is Cc1ccsc1CNC(=O)Cn1cc(CCO)c(C(F)(F)F)n1. The molecule has 1 amide bonds. The summed E-state index contributed by atoms with van der Waals surface area (Å²) in [6.07, 6.45) is -3.62.